The third-order valence-corrected chi connectivity index (χ3v) is 6.89. The van der Waals surface area contributed by atoms with Crippen LogP contribution in [-0.4, -0.2) is 68.1 Å². The van der Waals surface area contributed by atoms with Crippen LogP contribution in [0.2, 0.25) is 0 Å². The minimum Gasteiger partial charge on any atom is -0.495 e. The van der Waals surface area contributed by atoms with Gasteiger partial charge in [0.15, 0.2) is 0 Å². The van der Waals surface area contributed by atoms with Gasteiger partial charge in [-0.3, -0.25) is 0 Å². The van der Waals surface area contributed by atoms with Crippen molar-refractivity contribution in [2.45, 2.75) is 11.8 Å². The van der Waals surface area contributed by atoms with Crippen LogP contribution in [0.15, 0.2) is 29.3 Å². The molecule has 0 radical (unpaired) electrons. The number of anilines is 3. The van der Waals surface area contributed by atoms with Crippen molar-refractivity contribution in [2.24, 2.45) is 0 Å². The molecule has 2 aromatic heterocycles. The Balaban J connectivity index is 1.66. The summed E-state index contributed by atoms with van der Waals surface area (Å²) < 4.78 is 37.9. The SMILES string of the molecule is CNc1nc(Nc2ccc(S(=O)(=O)N3CCOCC3)cc2OC)nc2[nH]cc(C)c12. The van der Waals surface area contributed by atoms with Crippen LogP contribution < -0.4 is 15.4 Å². The number of rotatable bonds is 6. The lowest BCUT2D eigenvalue weighted by atomic mass is 10.2. The van der Waals surface area contributed by atoms with Crippen molar-refractivity contribution in [2.75, 3.05) is 51.1 Å². The molecule has 0 saturated carbocycles. The molecule has 4 rings (SSSR count). The van der Waals surface area contributed by atoms with Gasteiger partial charge in [-0.05, 0) is 24.6 Å². The fourth-order valence-corrected chi connectivity index (χ4v) is 4.84. The fourth-order valence-electron chi connectivity index (χ4n) is 3.42. The van der Waals surface area contributed by atoms with E-state index in [2.05, 4.69) is 25.6 Å². The second kappa shape index (κ2) is 8.09. The second-order valence-electron chi connectivity index (χ2n) is 6.84. The van der Waals surface area contributed by atoms with E-state index in [-0.39, 0.29) is 4.90 Å². The highest BCUT2D eigenvalue weighted by Crippen LogP contribution is 2.32. The summed E-state index contributed by atoms with van der Waals surface area (Å²) in [5.41, 5.74) is 2.29. The van der Waals surface area contributed by atoms with Gasteiger partial charge >= 0.3 is 0 Å². The molecule has 0 atom stereocenters. The zero-order valence-electron chi connectivity index (χ0n) is 17.0. The molecule has 1 aromatic carbocycles. The van der Waals surface area contributed by atoms with E-state index in [1.54, 1.807) is 19.2 Å². The number of methoxy groups -OCH3 is 1. The van der Waals surface area contributed by atoms with Crippen LogP contribution in [0.5, 0.6) is 5.75 Å². The summed E-state index contributed by atoms with van der Waals surface area (Å²) in [6.45, 7) is 3.43. The summed E-state index contributed by atoms with van der Waals surface area (Å²) in [7, 11) is -0.337. The Kier molecular flexibility index (Phi) is 5.50. The lowest BCUT2D eigenvalue weighted by Crippen LogP contribution is -2.40. The first kappa shape index (κ1) is 20.4. The molecule has 3 N–H and O–H groups in total. The monoisotopic (exact) mass is 432 g/mol. The van der Waals surface area contributed by atoms with Gasteiger partial charge in [0, 0.05) is 32.4 Å². The molecule has 1 aliphatic rings. The van der Waals surface area contributed by atoms with E-state index in [1.807, 2.05) is 13.1 Å². The first-order valence-corrected chi connectivity index (χ1v) is 10.9. The number of nitrogens with zero attached hydrogens (tertiary/aromatic N) is 3. The van der Waals surface area contributed by atoms with Gasteiger partial charge < -0.3 is 25.1 Å². The maximum atomic E-state index is 12.9. The molecule has 30 heavy (non-hydrogen) atoms. The standard InChI is InChI=1S/C19H24N6O4S/c1-12-11-21-18-16(12)17(20-2)23-19(24-18)22-14-5-4-13(10-15(14)28-3)30(26,27)25-6-8-29-9-7-25/h4-5,10-11H,6-9H2,1-3H3,(H3,20,21,22,23,24). The number of nitrogens with one attached hydrogen (secondary N) is 3. The quantitative estimate of drug-likeness (QED) is 0.541. The molecule has 160 valence electrons. The number of fused-ring (bicyclic) bond motifs is 1. The van der Waals surface area contributed by atoms with E-state index < -0.39 is 10.0 Å². The number of ether oxygens (including phenoxy) is 2. The van der Waals surface area contributed by atoms with Crippen LogP contribution in [0, 0.1) is 6.92 Å². The second-order valence-corrected chi connectivity index (χ2v) is 8.78. The number of hydrogen-bond donors (Lipinski definition) is 3. The van der Waals surface area contributed by atoms with E-state index in [0.717, 1.165) is 10.9 Å². The molecule has 0 aliphatic carbocycles. The van der Waals surface area contributed by atoms with Crippen molar-refractivity contribution in [3.05, 3.63) is 30.0 Å². The highest BCUT2D eigenvalue weighted by molar-refractivity contribution is 7.89. The van der Waals surface area contributed by atoms with Gasteiger partial charge in [-0.1, -0.05) is 0 Å². The van der Waals surface area contributed by atoms with E-state index >= 15 is 0 Å². The number of morpholine rings is 1. The van der Waals surface area contributed by atoms with Crippen molar-refractivity contribution < 1.29 is 17.9 Å². The maximum Gasteiger partial charge on any atom is 0.243 e. The van der Waals surface area contributed by atoms with E-state index in [4.69, 9.17) is 9.47 Å². The zero-order valence-corrected chi connectivity index (χ0v) is 17.8. The summed E-state index contributed by atoms with van der Waals surface area (Å²) >= 11 is 0. The molecular weight excluding hydrogens is 408 g/mol. The van der Waals surface area contributed by atoms with Crippen LogP contribution in [0.1, 0.15) is 5.56 Å². The number of sulfonamides is 1. The third kappa shape index (κ3) is 3.66. The largest absolute Gasteiger partial charge is 0.495 e. The van der Waals surface area contributed by atoms with Crippen LogP contribution in [0.25, 0.3) is 11.0 Å². The molecule has 10 nitrogen and oxygen atoms in total. The molecule has 1 aliphatic heterocycles. The van der Waals surface area contributed by atoms with Crippen molar-refractivity contribution in [1.29, 1.82) is 0 Å². The number of aromatic amines is 1. The summed E-state index contributed by atoms with van der Waals surface area (Å²) in [6, 6.07) is 4.70. The van der Waals surface area contributed by atoms with Crippen LogP contribution in [-0.2, 0) is 14.8 Å². The molecule has 0 amide bonds. The average molecular weight is 433 g/mol. The number of aromatic nitrogens is 3. The zero-order chi connectivity index (χ0) is 21.3. The highest BCUT2D eigenvalue weighted by Gasteiger charge is 2.27. The molecule has 1 fully saturated rings. The van der Waals surface area contributed by atoms with Gasteiger partial charge in [-0.25, -0.2) is 8.42 Å². The van der Waals surface area contributed by atoms with Crippen molar-refractivity contribution >= 4 is 38.5 Å². The summed E-state index contributed by atoms with van der Waals surface area (Å²) in [5.74, 6) is 1.42. The Hall–Kier alpha value is -2.89. The Morgan fingerprint density at radius 3 is 2.70 bits per heavy atom. The van der Waals surface area contributed by atoms with E-state index in [9.17, 15) is 8.42 Å². The summed E-state index contributed by atoms with van der Waals surface area (Å²) in [4.78, 5) is 12.3. The number of aryl methyl sites for hydroxylation is 1. The molecule has 3 aromatic rings. The predicted molar refractivity (Wildman–Crippen MR) is 114 cm³/mol. The van der Waals surface area contributed by atoms with Gasteiger partial charge in [-0.15, -0.1) is 0 Å². The van der Waals surface area contributed by atoms with E-state index in [0.29, 0.717) is 55.2 Å². The van der Waals surface area contributed by atoms with Crippen molar-refractivity contribution in [1.82, 2.24) is 19.3 Å². The van der Waals surface area contributed by atoms with Gasteiger partial charge in [-0.2, -0.15) is 14.3 Å². The van der Waals surface area contributed by atoms with Crippen LogP contribution in [0.3, 0.4) is 0 Å². The molecule has 3 heterocycles. The summed E-state index contributed by atoms with van der Waals surface area (Å²) in [6.07, 6.45) is 1.87. The highest BCUT2D eigenvalue weighted by atomic mass is 32.2. The van der Waals surface area contributed by atoms with E-state index in [1.165, 1.54) is 17.5 Å². The van der Waals surface area contributed by atoms with Gasteiger partial charge in [0.05, 0.1) is 36.3 Å². The molecule has 11 heteroatoms. The summed E-state index contributed by atoms with van der Waals surface area (Å²) in [5, 5.41) is 7.12. The van der Waals surface area contributed by atoms with Crippen LogP contribution >= 0.6 is 0 Å². The minimum atomic E-state index is -3.62. The minimum absolute atomic E-state index is 0.166. The van der Waals surface area contributed by atoms with Crippen molar-refractivity contribution in [3.63, 3.8) is 0 Å². The average Bonchev–Trinajstić information content (AvgIpc) is 3.14. The topological polar surface area (TPSA) is 121 Å². The number of benzene rings is 1. The molecule has 0 bridgehead atoms. The Morgan fingerprint density at radius 2 is 2.00 bits per heavy atom. The maximum absolute atomic E-state index is 12.9. The number of H-pyrrole nitrogens is 1. The van der Waals surface area contributed by atoms with Crippen molar-refractivity contribution in [3.8, 4) is 5.75 Å². The van der Waals surface area contributed by atoms with Gasteiger partial charge in [0.25, 0.3) is 0 Å². The molecular formula is C19H24N6O4S. The Bertz CT molecular complexity index is 1170. The Morgan fingerprint density at radius 1 is 1.23 bits per heavy atom. The van der Waals surface area contributed by atoms with Gasteiger partial charge in [0.2, 0.25) is 16.0 Å². The molecule has 1 saturated heterocycles. The molecule has 0 unspecified atom stereocenters. The Labute approximate surface area is 174 Å². The fraction of sp³-hybridized carbons (Fsp3) is 0.368. The normalized spacial score (nSPS) is 15.3. The number of hydrogen-bond acceptors (Lipinski definition) is 8. The lowest BCUT2D eigenvalue weighted by molar-refractivity contribution is 0.0730. The smallest absolute Gasteiger partial charge is 0.243 e. The lowest BCUT2D eigenvalue weighted by Gasteiger charge is -2.26. The first-order chi connectivity index (χ1) is 14.4. The van der Waals surface area contributed by atoms with Gasteiger partial charge in [0.1, 0.15) is 17.2 Å². The third-order valence-electron chi connectivity index (χ3n) is 4.99. The predicted octanol–water partition coefficient (Wildman–Crippen LogP) is 2.08. The van der Waals surface area contributed by atoms with Crippen LogP contribution in [0.4, 0.5) is 17.5 Å². The molecule has 0 spiro atoms. The first-order valence-electron chi connectivity index (χ1n) is 9.50.